The van der Waals surface area contributed by atoms with E-state index in [0.29, 0.717) is 23.8 Å². The summed E-state index contributed by atoms with van der Waals surface area (Å²) >= 11 is 1.40. The van der Waals surface area contributed by atoms with E-state index in [0.717, 1.165) is 35.0 Å². The highest BCUT2D eigenvalue weighted by Gasteiger charge is 2.29. The molecule has 30 heavy (non-hydrogen) atoms. The molecule has 1 aliphatic rings. The molecule has 8 heteroatoms. The Kier molecular flexibility index (Phi) is 4.84. The fourth-order valence-corrected chi connectivity index (χ4v) is 4.60. The number of benzene rings is 1. The van der Waals surface area contributed by atoms with E-state index in [2.05, 4.69) is 15.3 Å². The molecule has 1 atom stereocenters. The summed E-state index contributed by atoms with van der Waals surface area (Å²) in [6.07, 6.45) is 6.40. The van der Waals surface area contributed by atoms with E-state index in [9.17, 15) is 9.59 Å². The van der Waals surface area contributed by atoms with Gasteiger partial charge in [-0.3, -0.25) is 9.59 Å². The number of likely N-dealkylation sites (tertiary alicyclic amines) is 1. The van der Waals surface area contributed by atoms with Gasteiger partial charge >= 0.3 is 0 Å². The topological polar surface area (TPSA) is 91.2 Å². The van der Waals surface area contributed by atoms with Gasteiger partial charge < -0.3 is 19.6 Å². The van der Waals surface area contributed by atoms with Crippen LogP contribution in [-0.4, -0.2) is 39.8 Å². The second kappa shape index (κ2) is 7.79. The highest BCUT2D eigenvalue weighted by atomic mass is 32.1. The normalized spacial score (nSPS) is 16.7. The number of para-hydroxylation sites is 1. The standard InChI is InChI=1S/C22H20N4O3S/c27-20(14-4-3-8-26(11-14)21(28)15-7-9-29-12-15)25-22-24-19(13-30-22)17-10-23-18-6-2-1-5-16(17)18/h1-2,5-7,9-10,12-14,23H,3-4,8,11H2,(H,24,25,27). The van der Waals surface area contributed by atoms with E-state index in [-0.39, 0.29) is 17.7 Å². The highest BCUT2D eigenvalue weighted by Crippen LogP contribution is 2.31. The number of aromatic amines is 1. The number of rotatable bonds is 4. The van der Waals surface area contributed by atoms with Crippen molar-refractivity contribution in [1.82, 2.24) is 14.9 Å². The largest absolute Gasteiger partial charge is 0.472 e. The lowest BCUT2D eigenvalue weighted by Crippen LogP contribution is -2.43. The minimum absolute atomic E-state index is 0.0977. The SMILES string of the molecule is O=C(Nc1nc(-c2c[nH]c3ccccc23)cs1)C1CCCN(C(=O)c2ccoc2)C1. The first kappa shape index (κ1) is 18.6. The zero-order valence-electron chi connectivity index (χ0n) is 16.1. The summed E-state index contributed by atoms with van der Waals surface area (Å²) in [6.45, 7) is 1.05. The van der Waals surface area contributed by atoms with Crippen molar-refractivity contribution in [1.29, 1.82) is 0 Å². The fourth-order valence-electron chi connectivity index (χ4n) is 3.89. The first-order valence-electron chi connectivity index (χ1n) is 9.83. The molecule has 1 aliphatic heterocycles. The predicted molar refractivity (Wildman–Crippen MR) is 115 cm³/mol. The predicted octanol–water partition coefficient (Wildman–Crippen LogP) is 4.38. The number of hydrogen-bond donors (Lipinski definition) is 2. The summed E-state index contributed by atoms with van der Waals surface area (Å²) in [5.74, 6) is -0.452. The summed E-state index contributed by atoms with van der Waals surface area (Å²) in [6, 6.07) is 9.70. The smallest absolute Gasteiger partial charge is 0.257 e. The van der Waals surface area contributed by atoms with Crippen LogP contribution in [0, 0.1) is 5.92 Å². The molecule has 0 aliphatic carbocycles. The molecule has 2 amide bonds. The zero-order chi connectivity index (χ0) is 20.5. The van der Waals surface area contributed by atoms with Gasteiger partial charge in [-0.25, -0.2) is 4.98 Å². The van der Waals surface area contributed by atoms with Crippen LogP contribution in [-0.2, 0) is 4.79 Å². The number of carbonyl (C=O) groups is 2. The van der Waals surface area contributed by atoms with Crippen molar-refractivity contribution >= 4 is 39.2 Å². The molecule has 5 rings (SSSR count). The number of nitrogens with one attached hydrogen (secondary N) is 2. The van der Waals surface area contributed by atoms with Gasteiger partial charge in [-0.2, -0.15) is 0 Å². The maximum absolute atomic E-state index is 12.8. The van der Waals surface area contributed by atoms with Crippen molar-refractivity contribution in [3.8, 4) is 11.3 Å². The monoisotopic (exact) mass is 420 g/mol. The molecule has 1 aromatic carbocycles. The average molecular weight is 420 g/mol. The first-order valence-corrected chi connectivity index (χ1v) is 10.7. The Hall–Kier alpha value is -3.39. The molecule has 7 nitrogen and oxygen atoms in total. The molecule has 0 saturated carbocycles. The van der Waals surface area contributed by atoms with Gasteiger partial charge in [0.05, 0.1) is 23.4 Å². The zero-order valence-corrected chi connectivity index (χ0v) is 16.9. The summed E-state index contributed by atoms with van der Waals surface area (Å²) in [5.41, 5.74) is 3.40. The van der Waals surface area contributed by atoms with Crippen LogP contribution in [0.3, 0.4) is 0 Å². The molecule has 4 heterocycles. The second-order valence-electron chi connectivity index (χ2n) is 7.38. The van der Waals surface area contributed by atoms with Gasteiger partial charge in [-0.1, -0.05) is 18.2 Å². The molecular weight excluding hydrogens is 400 g/mol. The summed E-state index contributed by atoms with van der Waals surface area (Å²) in [4.78, 5) is 34.9. The lowest BCUT2D eigenvalue weighted by atomic mass is 9.97. The van der Waals surface area contributed by atoms with E-state index in [4.69, 9.17) is 4.42 Å². The van der Waals surface area contributed by atoms with Crippen LogP contribution in [0.25, 0.3) is 22.2 Å². The minimum Gasteiger partial charge on any atom is -0.472 e. The fraction of sp³-hybridized carbons (Fsp3) is 0.227. The quantitative estimate of drug-likeness (QED) is 0.513. The number of hydrogen-bond acceptors (Lipinski definition) is 5. The number of H-pyrrole nitrogens is 1. The number of furan rings is 1. The third kappa shape index (κ3) is 3.50. The molecular formula is C22H20N4O3S. The van der Waals surface area contributed by atoms with Crippen LogP contribution in [0.2, 0.25) is 0 Å². The highest BCUT2D eigenvalue weighted by molar-refractivity contribution is 7.14. The Bertz CT molecular complexity index is 1190. The third-order valence-corrected chi connectivity index (χ3v) is 6.20. The van der Waals surface area contributed by atoms with Crippen LogP contribution in [0.5, 0.6) is 0 Å². The van der Waals surface area contributed by atoms with E-state index in [1.807, 2.05) is 35.8 Å². The van der Waals surface area contributed by atoms with Crippen molar-refractivity contribution in [2.75, 3.05) is 18.4 Å². The van der Waals surface area contributed by atoms with Gasteiger partial charge in [0, 0.05) is 41.1 Å². The molecule has 1 unspecified atom stereocenters. The Morgan fingerprint density at radius 3 is 3.03 bits per heavy atom. The van der Waals surface area contributed by atoms with Crippen LogP contribution < -0.4 is 5.32 Å². The van der Waals surface area contributed by atoms with E-state index >= 15 is 0 Å². The Morgan fingerprint density at radius 1 is 1.27 bits per heavy atom. The van der Waals surface area contributed by atoms with Crippen LogP contribution in [0.4, 0.5) is 5.13 Å². The van der Waals surface area contributed by atoms with Crippen LogP contribution >= 0.6 is 11.3 Å². The molecule has 1 saturated heterocycles. The lowest BCUT2D eigenvalue weighted by Gasteiger charge is -2.31. The first-order chi connectivity index (χ1) is 14.7. The van der Waals surface area contributed by atoms with E-state index in [1.165, 1.54) is 23.9 Å². The molecule has 3 aromatic heterocycles. The Labute approximate surface area is 176 Å². The lowest BCUT2D eigenvalue weighted by molar-refractivity contribution is -0.121. The molecule has 0 bridgehead atoms. The molecule has 1 fully saturated rings. The van der Waals surface area contributed by atoms with E-state index < -0.39 is 0 Å². The molecule has 152 valence electrons. The van der Waals surface area contributed by atoms with Gasteiger partial charge in [-0.15, -0.1) is 11.3 Å². The number of amides is 2. The van der Waals surface area contributed by atoms with Gasteiger partial charge in [0.15, 0.2) is 5.13 Å². The van der Waals surface area contributed by atoms with Crippen molar-refractivity contribution in [2.45, 2.75) is 12.8 Å². The minimum atomic E-state index is -0.255. The Morgan fingerprint density at radius 2 is 2.17 bits per heavy atom. The van der Waals surface area contributed by atoms with Gasteiger partial charge in [0.25, 0.3) is 5.91 Å². The number of carbonyl (C=O) groups excluding carboxylic acids is 2. The average Bonchev–Trinajstić information content (AvgIpc) is 3.53. The summed E-state index contributed by atoms with van der Waals surface area (Å²) < 4.78 is 5.00. The number of thiazole rings is 1. The van der Waals surface area contributed by atoms with E-state index in [1.54, 1.807) is 11.0 Å². The Balaban J connectivity index is 1.27. The van der Waals surface area contributed by atoms with Crippen molar-refractivity contribution < 1.29 is 14.0 Å². The molecule has 0 spiro atoms. The van der Waals surface area contributed by atoms with Gasteiger partial charge in [-0.05, 0) is 25.0 Å². The maximum atomic E-state index is 12.8. The van der Waals surface area contributed by atoms with Crippen molar-refractivity contribution in [3.63, 3.8) is 0 Å². The number of anilines is 1. The number of piperidine rings is 1. The maximum Gasteiger partial charge on any atom is 0.257 e. The third-order valence-electron chi connectivity index (χ3n) is 5.45. The molecule has 4 aromatic rings. The summed E-state index contributed by atoms with van der Waals surface area (Å²) in [5, 5.41) is 6.55. The number of aromatic nitrogens is 2. The molecule has 2 N–H and O–H groups in total. The van der Waals surface area contributed by atoms with Gasteiger partial charge in [0.1, 0.15) is 6.26 Å². The number of nitrogens with zero attached hydrogens (tertiary/aromatic N) is 2. The van der Waals surface area contributed by atoms with Crippen LogP contribution in [0.15, 0.2) is 58.9 Å². The molecule has 0 radical (unpaired) electrons. The van der Waals surface area contributed by atoms with Crippen LogP contribution in [0.1, 0.15) is 23.2 Å². The van der Waals surface area contributed by atoms with Gasteiger partial charge in [0.2, 0.25) is 5.91 Å². The van der Waals surface area contributed by atoms with Crippen molar-refractivity contribution in [2.24, 2.45) is 5.92 Å². The van der Waals surface area contributed by atoms with Crippen molar-refractivity contribution in [3.05, 3.63) is 60.0 Å². The second-order valence-corrected chi connectivity index (χ2v) is 8.24. The summed E-state index contributed by atoms with van der Waals surface area (Å²) in [7, 11) is 0. The number of fused-ring (bicyclic) bond motifs is 1.